The van der Waals surface area contributed by atoms with Gasteiger partial charge in [0.2, 0.25) is 5.91 Å². The van der Waals surface area contributed by atoms with Gasteiger partial charge in [-0.25, -0.2) is 4.68 Å². The van der Waals surface area contributed by atoms with Crippen molar-refractivity contribution < 1.29 is 4.79 Å². The summed E-state index contributed by atoms with van der Waals surface area (Å²) in [4.78, 5) is 11.7. The van der Waals surface area contributed by atoms with Gasteiger partial charge in [0.25, 0.3) is 0 Å². The molecule has 0 saturated carbocycles. The molecule has 0 aliphatic carbocycles. The summed E-state index contributed by atoms with van der Waals surface area (Å²) >= 11 is 3.41. The molecule has 1 aromatic carbocycles. The van der Waals surface area contributed by atoms with E-state index >= 15 is 0 Å². The molecular formula is C15H16BrN3O. The minimum Gasteiger partial charge on any atom is -0.307 e. The van der Waals surface area contributed by atoms with Gasteiger partial charge < -0.3 is 5.32 Å². The lowest BCUT2D eigenvalue weighted by molar-refractivity contribution is -0.112. The SMILES string of the molecule is CC(C)=CC(=O)Nc1ccnn1Cc1ccc(Br)cc1. The van der Waals surface area contributed by atoms with E-state index in [0.29, 0.717) is 12.4 Å². The maximum atomic E-state index is 11.7. The van der Waals surface area contributed by atoms with Crippen LogP contribution < -0.4 is 5.32 Å². The van der Waals surface area contributed by atoms with E-state index in [1.54, 1.807) is 23.0 Å². The van der Waals surface area contributed by atoms with E-state index in [9.17, 15) is 4.79 Å². The highest BCUT2D eigenvalue weighted by molar-refractivity contribution is 9.10. The van der Waals surface area contributed by atoms with Crippen LogP contribution in [0.25, 0.3) is 0 Å². The van der Waals surface area contributed by atoms with Gasteiger partial charge in [0.05, 0.1) is 12.7 Å². The molecule has 0 atom stereocenters. The van der Waals surface area contributed by atoms with Gasteiger partial charge in [-0.1, -0.05) is 33.6 Å². The molecule has 0 bridgehead atoms. The third-order valence-corrected chi connectivity index (χ3v) is 3.16. The highest BCUT2D eigenvalue weighted by atomic mass is 79.9. The van der Waals surface area contributed by atoms with Crippen LogP contribution in [-0.2, 0) is 11.3 Å². The summed E-state index contributed by atoms with van der Waals surface area (Å²) in [6, 6.07) is 9.80. The molecule has 0 unspecified atom stereocenters. The molecule has 1 amide bonds. The molecule has 0 saturated heterocycles. The number of nitrogens with zero attached hydrogens (tertiary/aromatic N) is 2. The lowest BCUT2D eigenvalue weighted by Gasteiger charge is -2.08. The first-order valence-corrected chi connectivity index (χ1v) is 7.06. The quantitative estimate of drug-likeness (QED) is 0.869. The monoisotopic (exact) mass is 333 g/mol. The number of allylic oxidation sites excluding steroid dienone is 1. The third-order valence-electron chi connectivity index (χ3n) is 2.63. The van der Waals surface area contributed by atoms with Crippen LogP contribution in [0.1, 0.15) is 19.4 Å². The van der Waals surface area contributed by atoms with Crippen LogP contribution in [0.4, 0.5) is 5.82 Å². The second kappa shape index (κ2) is 6.52. The Morgan fingerprint density at radius 1 is 1.30 bits per heavy atom. The first-order valence-electron chi connectivity index (χ1n) is 6.27. The van der Waals surface area contributed by atoms with Gasteiger partial charge in [0.15, 0.2) is 0 Å². The van der Waals surface area contributed by atoms with Crippen LogP contribution in [-0.4, -0.2) is 15.7 Å². The smallest absolute Gasteiger partial charge is 0.249 e. The first kappa shape index (κ1) is 14.5. The molecule has 1 N–H and O–H groups in total. The Bertz CT molecular complexity index is 625. The van der Waals surface area contributed by atoms with E-state index in [1.807, 2.05) is 38.1 Å². The molecule has 104 valence electrons. The van der Waals surface area contributed by atoms with Crippen LogP contribution in [0.3, 0.4) is 0 Å². The van der Waals surface area contributed by atoms with Crippen LogP contribution in [0.2, 0.25) is 0 Å². The van der Waals surface area contributed by atoms with Crippen molar-refractivity contribution in [2.24, 2.45) is 0 Å². The fourth-order valence-electron chi connectivity index (χ4n) is 1.75. The van der Waals surface area contributed by atoms with E-state index in [1.165, 1.54) is 0 Å². The standard InChI is InChI=1S/C15H16BrN3O/c1-11(2)9-15(20)18-14-7-8-17-19(14)10-12-3-5-13(16)6-4-12/h3-9H,10H2,1-2H3,(H,18,20). The zero-order valence-electron chi connectivity index (χ0n) is 11.4. The molecule has 1 heterocycles. The molecule has 0 spiro atoms. The number of benzene rings is 1. The topological polar surface area (TPSA) is 46.9 Å². The number of nitrogens with one attached hydrogen (secondary N) is 1. The van der Waals surface area contributed by atoms with E-state index in [-0.39, 0.29) is 5.91 Å². The number of hydrogen-bond donors (Lipinski definition) is 1. The molecule has 5 heteroatoms. The fourth-order valence-corrected chi connectivity index (χ4v) is 2.02. The summed E-state index contributed by atoms with van der Waals surface area (Å²) in [7, 11) is 0. The number of carbonyl (C=O) groups excluding carboxylic acids is 1. The molecule has 0 radical (unpaired) electrons. The normalized spacial score (nSPS) is 10.2. The Labute approximate surface area is 126 Å². The average molecular weight is 334 g/mol. The third kappa shape index (κ3) is 4.06. The zero-order chi connectivity index (χ0) is 14.5. The van der Waals surface area contributed by atoms with Gasteiger partial charge in [0.1, 0.15) is 5.82 Å². The van der Waals surface area contributed by atoms with E-state index in [4.69, 9.17) is 0 Å². The Morgan fingerprint density at radius 3 is 2.65 bits per heavy atom. The first-order chi connectivity index (χ1) is 9.54. The number of amides is 1. The van der Waals surface area contributed by atoms with Gasteiger partial charge in [-0.2, -0.15) is 5.10 Å². The second-order valence-corrected chi connectivity index (χ2v) is 5.63. The molecule has 0 aliphatic heterocycles. The predicted molar refractivity (Wildman–Crippen MR) is 83.5 cm³/mol. The molecular weight excluding hydrogens is 318 g/mol. The molecule has 2 rings (SSSR count). The zero-order valence-corrected chi connectivity index (χ0v) is 13.0. The summed E-state index contributed by atoms with van der Waals surface area (Å²) in [6.07, 6.45) is 3.24. The molecule has 4 nitrogen and oxygen atoms in total. The summed E-state index contributed by atoms with van der Waals surface area (Å²) in [6.45, 7) is 4.39. The maximum absolute atomic E-state index is 11.7. The highest BCUT2D eigenvalue weighted by Crippen LogP contribution is 2.14. The summed E-state index contributed by atoms with van der Waals surface area (Å²) in [5.74, 6) is 0.554. The molecule has 1 aromatic heterocycles. The van der Waals surface area contributed by atoms with Crippen molar-refractivity contribution in [3.8, 4) is 0 Å². The molecule has 0 aliphatic rings. The second-order valence-electron chi connectivity index (χ2n) is 4.71. The Hall–Kier alpha value is -1.88. The largest absolute Gasteiger partial charge is 0.307 e. The van der Waals surface area contributed by atoms with Gasteiger partial charge >= 0.3 is 0 Å². The Balaban J connectivity index is 2.10. The van der Waals surface area contributed by atoms with Crippen LogP contribution in [0.15, 0.2) is 52.7 Å². The van der Waals surface area contributed by atoms with Gasteiger partial charge in [-0.15, -0.1) is 0 Å². The fraction of sp³-hybridized carbons (Fsp3) is 0.200. The van der Waals surface area contributed by atoms with Crippen molar-refractivity contribution in [2.75, 3.05) is 5.32 Å². The molecule has 2 aromatic rings. The summed E-state index contributed by atoms with van der Waals surface area (Å²) in [5.41, 5.74) is 2.08. The van der Waals surface area contributed by atoms with Crippen LogP contribution in [0.5, 0.6) is 0 Å². The number of rotatable bonds is 4. The van der Waals surface area contributed by atoms with Gasteiger partial charge in [0, 0.05) is 16.6 Å². The van der Waals surface area contributed by atoms with Crippen molar-refractivity contribution in [3.63, 3.8) is 0 Å². The predicted octanol–water partition coefficient (Wildman–Crippen LogP) is 3.60. The number of anilines is 1. The van der Waals surface area contributed by atoms with Gasteiger partial charge in [-0.3, -0.25) is 4.79 Å². The number of halogens is 1. The summed E-state index contributed by atoms with van der Waals surface area (Å²) in [5, 5.41) is 7.07. The highest BCUT2D eigenvalue weighted by Gasteiger charge is 2.06. The summed E-state index contributed by atoms with van der Waals surface area (Å²) < 4.78 is 2.80. The number of carbonyl (C=O) groups is 1. The molecule has 20 heavy (non-hydrogen) atoms. The van der Waals surface area contributed by atoms with Crippen molar-refractivity contribution >= 4 is 27.7 Å². The number of hydrogen-bond acceptors (Lipinski definition) is 2. The van der Waals surface area contributed by atoms with Crippen molar-refractivity contribution in [3.05, 3.63) is 58.2 Å². The average Bonchev–Trinajstić information content (AvgIpc) is 2.78. The maximum Gasteiger partial charge on any atom is 0.249 e. The Kier molecular flexibility index (Phi) is 4.74. The number of aromatic nitrogens is 2. The minimum absolute atomic E-state index is 0.137. The lowest BCUT2D eigenvalue weighted by Crippen LogP contribution is -2.14. The lowest BCUT2D eigenvalue weighted by atomic mass is 10.2. The van der Waals surface area contributed by atoms with Crippen LogP contribution in [0, 0.1) is 0 Å². The van der Waals surface area contributed by atoms with Crippen molar-refractivity contribution in [1.29, 1.82) is 0 Å². The van der Waals surface area contributed by atoms with Crippen LogP contribution >= 0.6 is 15.9 Å². The van der Waals surface area contributed by atoms with Gasteiger partial charge in [-0.05, 0) is 31.5 Å². The van der Waals surface area contributed by atoms with Crippen molar-refractivity contribution in [1.82, 2.24) is 9.78 Å². The van der Waals surface area contributed by atoms with E-state index < -0.39 is 0 Å². The van der Waals surface area contributed by atoms with Crippen molar-refractivity contribution in [2.45, 2.75) is 20.4 Å². The minimum atomic E-state index is -0.137. The molecule has 0 fully saturated rings. The Morgan fingerprint density at radius 2 is 2.00 bits per heavy atom. The van der Waals surface area contributed by atoms with E-state index in [0.717, 1.165) is 15.6 Å². The van der Waals surface area contributed by atoms with E-state index in [2.05, 4.69) is 26.3 Å².